The van der Waals surface area contributed by atoms with Gasteiger partial charge in [0, 0.05) is 0 Å². The van der Waals surface area contributed by atoms with Gasteiger partial charge in [-0.2, -0.15) is 0 Å². The van der Waals surface area contributed by atoms with E-state index in [9.17, 15) is 0 Å². The summed E-state index contributed by atoms with van der Waals surface area (Å²) in [4.78, 5) is 0. The molecule has 1 rings (SSSR count). The Morgan fingerprint density at radius 3 is 2.10 bits per heavy atom. The lowest BCUT2D eigenvalue weighted by molar-refractivity contribution is 0.300. The Morgan fingerprint density at radius 2 is 1.52 bits per heavy atom. The minimum atomic E-state index is 0.664. The molecule has 120 valence electrons. The number of rotatable bonds is 11. The lowest BCUT2D eigenvalue weighted by Gasteiger charge is -2.12. The van der Waals surface area contributed by atoms with Gasteiger partial charge in [-0.25, -0.2) is 0 Å². The van der Waals surface area contributed by atoms with Crippen LogP contribution in [0.2, 0.25) is 0 Å². The molecule has 1 aromatic carbocycles. The van der Waals surface area contributed by atoms with Crippen molar-refractivity contribution >= 4 is 31.9 Å². The molecular weight excluding hydrogens is 394 g/mol. The second-order valence-electron chi connectivity index (χ2n) is 5.40. The molecule has 0 radical (unpaired) electrons. The van der Waals surface area contributed by atoms with Gasteiger partial charge in [-0.15, -0.1) is 0 Å². The van der Waals surface area contributed by atoms with Gasteiger partial charge in [-0.3, -0.25) is 0 Å². The molecule has 2 N–H and O–H groups in total. The van der Waals surface area contributed by atoms with E-state index in [4.69, 9.17) is 10.5 Å². The maximum absolute atomic E-state index is 5.90. The first-order chi connectivity index (χ1) is 10.2. The first kappa shape index (κ1) is 19.0. The Bertz CT molecular complexity index is 387. The van der Waals surface area contributed by atoms with E-state index < -0.39 is 0 Å². The lowest BCUT2D eigenvalue weighted by atomic mass is 10.1. The fourth-order valence-electron chi connectivity index (χ4n) is 2.29. The number of benzene rings is 1. The molecule has 0 saturated carbocycles. The predicted octanol–water partition coefficient (Wildman–Crippen LogP) is 5.84. The molecule has 0 spiro atoms. The molecule has 0 aromatic heterocycles. The first-order valence-electron chi connectivity index (χ1n) is 7.99. The second-order valence-corrected chi connectivity index (χ2v) is 7.11. The van der Waals surface area contributed by atoms with Crippen LogP contribution in [0.1, 0.15) is 57.4 Å². The van der Waals surface area contributed by atoms with E-state index in [1.54, 1.807) is 0 Å². The zero-order valence-electron chi connectivity index (χ0n) is 13.0. The van der Waals surface area contributed by atoms with Gasteiger partial charge in [-0.1, -0.05) is 45.4 Å². The summed E-state index contributed by atoms with van der Waals surface area (Å²) in [7, 11) is 0. The summed E-state index contributed by atoms with van der Waals surface area (Å²) in [5.41, 5.74) is 6.82. The Hall–Kier alpha value is -0.0600. The summed E-state index contributed by atoms with van der Waals surface area (Å²) in [6.45, 7) is 3.70. The molecule has 2 nitrogen and oxygen atoms in total. The standard InChI is InChI=1S/C17H27Br2NO/c1-2-3-4-5-6-7-8-11-21-17-15(18)12-14(9-10-20)13-16(17)19/h12-13H,2-11,20H2,1H3. The third-order valence-electron chi connectivity index (χ3n) is 3.49. The van der Waals surface area contributed by atoms with Crippen molar-refractivity contribution < 1.29 is 4.74 Å². The molecule has 0 saturated heterocycles. The summed E-state index contributed by atoms with van der Waals surface area (Å²) < 4.78 is 7.91. The fraction of sp³-hybridized carbons (Fsp3) is 0.647. The van der Waals surface area contributed by atoms with Crippen molar-refractivity contribution in [3.05, 3.63) is 26.6 Å². The van der Waals surface area contributed by atoms with Crippen LogP contribution < -0.4 is 10.5 Å². The summed E-state index contributed by atoms with van der Waals surface area (Å²) in [6, 6.07) is 4.19. The van der Waals surface area contributed by atoms with Crippen molar-refractivity contribution in [1.82, 2.24) is 0 Å². The van der Waals surface area contributed by atoms with Crippen LogP contribution in [0, 0.1) is 0 Å². The molecule has 0 atom stereocenters. The number of nitrogens with two attached hydrogens (primary N) is 1. The minimum absolute atomic E-state index is 0.664. The van der Waals surface area contributed by atoms with E-state index >= 15 is 0 Å². The molecule has 0 unspecified atom stereocenters. The summed E-state index contributed by atoms with van der Waals surface area (Å²) in [6.07, 6.45) is 9.99. The molecule has 0 aliphatic heterocycles. The molecule has 1 aromatic rings. The highest BCUT2D eigenvalue weighted by Gasteiger charge is 2.08. The molecule has 0 fully saturated rings. The van der Waals surface area contributed by atoms with Gasteiger partial charge in [0.05, 0.1) is 15.6 Å². The zero-order chi connectivity index (χ0) is 15.5. The highest BCUT2D eigenvalue weighted by molar-refractivity contribution is 9.11. The molecule has 0 heterocycles. The Labute approximate surface area is 146 Å². The topological polar surface area (TPSA) is 35.2 Å². The normalized spacial score (nSPS) is 10.9. The fourth-order valence-corrected chi connectivity index (χ4v) is 3.80. The number of hydrogen-bond acceptors (Lipinski definition) is 2. The molecule has 0 aliphatic rings. The van der Waals surface area contributed by atoms with Crippen molar-refractivity contribution in [3.63, 3.8) is 0 Å². The Kier molecular flexibility index (Phi) is 10.4. The quantitative estimate of drug-likeness (QED) is 0.456. The van der Waals surface area contributed by atoms with Crippen molar-refractivity contribution in [2.24, 2.45) is 5.73 Å². The summed E-state index contributed by atoms with van der Waals surface area (Å²) >= 11 is 7.17. The van der Waals surface area contributed by atoms with Gasteiger partial charge in [0.1, 0.15) is 5.75 Å². The molecular formula is C17H27Br2NO. The average Bonchev–Trinajstić information content (AvgIpc) is 2.44. The molecule has 0 aliphatic carbocycles. The number of halogens is 2. The lowest BCUT2D eigenvalue weighted by Crippen LogP contribution is -2.04. The third-order valence-corrected chi connectivity index (χ3v) is 4.66. The van der Waals surface area contributed by atoms with Gasteiger partial charge >= 0.3 is 0 Å². The second kappa shape index (κ2) is 11.5. The highest BCUT2D eigenvalue weighted by atomic mass is 79.9. The van der Waals surface area contributed by atoms with Crippen LogP contribution in [-0.2, 0) is 6.42 Å². The van der Waals surface area contributed by atoms with Gasteiger partial charge in [0.2, 0.25) is 0 Å². The Balaban J connectivity index is 2.29. The van der Waals surface area contributed by atoms with E-state index in [2.05, 4.69) is 50.9 Å². The van der Waals surface area contributed by atoms with Crippen LogP contribution >= 0.6 is 31.9 Å². The summed E-state index contributed by atoms with van der Waals surface area (Å²) in [5, 5.41) is 0. The van der Waals surface area contributed by atoms with Crippen molar-refractivity contribution in [1.29, 1.82) is 0 Å². The average molecular weight is 421 g/mol. The van der Waals surface area contributed by atoms with Crippen LogP contribution in [0.15, 0.2) is 21.1 Å². The monoisotopic (exact) mass is 419 g/mol. The molecule has 4 heteroatoms. The maximum atomic E-state index is 5.90. The van der Waals surface area contributed by atoms with Gasteiger partial charge in [0.15, 0.2) is 0 Å². The van der Waals surface area contributed by atoms with Crippen LogP contribution in [0.3, 0.4) is 0 Å². The van der Waals surface area contributed by atoms with E-state index in [-0.39, 0.29) is 0 Å². The highest BCUT2D eigenvalue weighted by Crippen LogP contribution is 2.35. The first-order valence-corrected chi connectivity index (χ1v) is 9.58. The minimum Gasteiger partial charge on any atom is -0.491 e. The SMILES string of the molecule is CCCCCCCCCOc1c(Br)cc(CCN)cc1Br. The third kappa shape index (κ3) is 7.66. The van der Waals surface area contributed by atoms with Crippen molar-refractivity contribution in [2.75, 3.05) is 13.2 Å². The Morgan fingerprint density at radius 1 is 0.952 bits per heavy atom. The van der Waals surface area contributed by atoms with Gasteiger partial charge < -0.3 is 10.5 Å². The van der Waals surface area contributed by atoms with Crippen molar-refractivity contribution in [2.45, 2.75) is 58.3 Å². The van der Waals surface area contributed by atoms with E-state index in [0.29, 0.717) is 6.54 Å². The molecule has 0 bridgehead atoms. The predicted molar refractivity (Wildman–Crippen MR) is 98.1 cm³/mol. The van der Waals surface area contributed by atoms with Gasteiger partial charge in [0.25, 0.3) is 0 Å². The number of hydrogen-bond donors (Lipinski definition) is 1. The largest absolute Gasteiger partial charge is 0.491 e. The maximum Gasteiger partial charge on any atom is 0.147 e. The number of ether oxygens (including phenoxy) is 1. The van der Waals surface area contributed by atoms with Crippen LogP contribution in [0.4, 0.5) is 0 Å². The zero-order valence-corrected chi connectivity index (χ0v) is 16.1. The van der Waals surface area contributed by atoms with Crippen molar-refractivity contribution in [3.8, 4) is 5.75 Å². The van der Waals surface area contributed by atoms with Gasteiger partial charge in [-0.05, 0) is 68.9 Å². The van der Waals surface area contributed by atoms with Crippen LogP contribution in [-0.4, -0.2) is 13.2 Å². The van der Waals surface area contributed by atoms with E-state index in [0.717, 1.165) is 34.1 Å². The van der Waals surface area contributed by atoms with Crippen LogP contribution in [0.25, 0.3) is 0 Å². The molecule has 0 amide bonds. The van der Waals surface area contributed by atoms with E-state index in [1.165, 1.54) is 44.1 Å². The smallest absolute Gasteiger partial charge is 0.147 e. The molecule has 21 heavy (non-hydrogen) atoms. The number of unbranched alkanes of at least 4 members (excludes halogenated alkanes) is 6. The summed E-state index contributed by atoms with van der Waals surface area (Å²) in [5.74, 6) is 0.904. The van der Waals surface area contributed by atoms with E-state index in [1.807, 2.05) is 0 Å². The van der Waals surface area contributed by atoms with Crippen LogP contribution in [0.5, 0.6) is 5.75 Å².